The van der Waals surface area contributed by atoms with E-state index in [2.05, 4.69) is 4.74 Å². The molecule has 1 aromatic carbocycles. The lowest BCUT2D eigenvalue weighted by Crippen LogP contribution is -2.24. The lowest BCUT2D eigenvalue weighted by Gasteiger charge is -2.19. The van der Waals surface area contributed by atoms with Gasteiger partial charge in [-0.05, 0) is 13.0 Å². The number of nitrogen functional groups attached to an aromatic ring is 1. The molecule has 2 unspecified atom stereocenters. The summed E-state index contributed by atoms with van der Waals surface area (Å²) in [6, 6.07) is 1.35. The molecule has 4 N–H and O–H groups in total. The highest BCUT2D eigenvalue weighted by Crippen LogP contribution is 2.28. The smallest absolute Gasteiger partial charge is 0.308 e. The molecule has 0 spiro atoms. The predicted octanol–water partition coefficient (Wildman–Crippen LogP) is 0.895. The fourth-order valence-electron chi connectivity index (χ4n) is 1.61. The Balaban J connectivity index is 2.88. The number of benzene rings is 1. The Hall–Kier alpha value is -1.73. The minimum absolute atomic E-state index is 0.120. The molecule has 0 aliphatic carbocycles. The van der Waals surface area contributed by atoms with Crippen molar-refractivity contribution in [3.05, 3.63) is 29.3 Å². The third kappa shape index (κ3) is 3.87. The molecule has 5 nitrogen and oxygen atoms in total. The molecule has 0 saturated heterocycles. The monoisotopic (exact) mass is 275 g/mol. The highest BCUT2D eigenvalue weighted by molar-refractivity contribution is 5.70. The largest absolute Gasteiger partial charge is 0.466 e. The van der Waals surface area contributed by atoms with Gasteiger partial charge in [-0.2, -0.15) is 0 Å². The number of anilines is 1. The molecular weight excluding hydrogens is 260 g/mol. The van der Waals surface area contributed by atoms with E-state index in [1.54, 1.807) is 6.92 Å². The maximum atomic E-state index is 13.5. The molecular formula is C12H15F2NO4. The molecule has 0 heterocycles. The quantitative estimate of drug-likeness (QED) is 0.548. The first-order valence-corrected chi connectivity index (χ1v) is 5.63. The predicted molar refractivity (Wildman–Crippen MR) is 63.0 cm³/mol. The van der Waals surface area contributed by atoms with Gasteiger partial charge in [-0.25, -0.2) is 8.78 Å². The van der Waals surface area contributed by atoms with Crippen LogP contribution in [0.3, 0.4) is 0 Å². The normalized spacial score (nSPS) is 13.9. The minimum Gasteiger partial charge on any atom is -0.466 e. The number of carbonyl (C=O) groups excluding carboxylic acids is 1. The van der Waals surface area contributed by atoms with E-state index in [0.717, 1.165) is 6.07 Å². The molecule has 1 aromatic rings. The van der Waals surface area contributed by atoms with Crippen molar-refractivity contribution in [1.29, 1.82) is 0 Å². The molecule has 19 heavy (non-hydrogen) atoms. The average Bonchev–Trinajstić information content (AvgIpc) is 2.27. The summed E-state index contributed by atoms with van der Waals surface area (Å²) in [6.45, 7) is 1.70. The number of aliphatic hydroxyl groups is 2. The Kier molecular flexibility index (Phi) is 5.20. The van der Waals surface area contributed by atoms with E-state index in [4.69, 9.17) is 5.73 Å². The summed E-state index contributed by atoms with van der Waals surface area (Å²) in [5.74, 6) is -2.73. The molecule has 0 aliphatic heterocycles. The third-order valence-corrected chi connectivity index (χ3v) is 2.47. The fourth-order valence-corrected chi connectivity index (χ4v) is 1.61. The van der Waals surface area contributed by atoms with E-state index in [1.165, 1.54) is 0 Å². The highest BCUT2D eigenvalue weighted by Gasteiger charge is 2.27. The van der Waals surface area contributed by atoms with Crippen LogP contribution in [0, 0.1) is 11.6 Å². The Morgan fingerprint density at radius 3 is 2.58 bits per heavy atom. The van der Waals surface area contributed by atoms with E-state index < -0.39 is 41.8 Å². The molecule has 1 rings (SSSR count). The maximum absolute atomic E-state index is 13.5. The first kappa shape index (κ1) is 15.3. The molecule has 0 fully saturated rings. The van der Waals surface area contributed by atoms with Gasteiger partial charge in [-0.15, -0.1) is 0 Å². The number of carbonyl (C=O) groups is 1. The Morgan fingerprint density at radius 2 is 2.05 bits per heavy atom. The van der Waals surface area contributed by atoms with Crippen molar-refractivity contribution in [2.24, 2.45) is 0 Å². The third-order valence-electron chi connectivity index (χ3n) is 2.47. The number of ether oxygens (including phenoxy) is 1. The summed E-state index contributed by atoms with van der Waals surface area (Å²) in [6.07, 6.45) is -3.86. The van der Waals surface area contributed by atoms with Gasteiger partial charge in [0, 0.05) is 17.3 Å². The number of esters is 1. The molecule has 2 atom stereocenters. The van der Waals surface area contributed by atoms with Gasteiger partial charge >= 0.3 is 5.97 Å². The van der Waals surface area contributed by atoms with Crippen LogP contribution in [0.4, 0.5) is 14.5 Å². The van der Waals surface area contributed by atoms with E-state index in [9.17, 15) is 23.8 Å². The molecule has 0 radical (unpaired) electrons. The van der Waals surface area contributed by atoms with Gasteiger partial charge in [0.2, 0.25) is 0 Å². The van der Waals surface area contributed by atoms with Crippen LogP contribution in [0.25, 0.3) is 0 Å². The van der Waals surface area contributed by atoms with Gasteiger partial charge in [-0.3, -0.25) is 4.79 Å². The second-order valence-electron chi connectivity index (χ2n) is 3.91. The summed E-state index contributed by atoms with van der Waals surface area (Å²) < 4.78 is 30.9. The van der Waals surface area contributed by atoms with Crippen LogP contribution < -0.4 is 5.73 Å². The van der Waals surface area contributed by atoms with Crippen molar-refractivity contribution in [3.63, 3.8) is 0 Å². The van der Waals surface area contributed by atoms with Crippen LogP contribution in [-0.2, 0) is 9.53 Å². The molecule has 0 bridgehead atoms. The van der Waals surface area contributed by atoms with Crippen LogP contribution in [0.15, 0.2) is 12.1 Å². The summed E-state index contributed by atoms with van der Waals surface area (Å²) in [5, 5.41) is 19.4. The average molecular weight is 275 g/mol. The zero-order valence-corrected chi connectivity index (χ0v) is 10.3. The Labute approximate surface area is 108 Å². The lowest BCUT2D eigenvalue weighted by atomic mass is 10.00. The van der Waals surface area contributed by atoms with Crippen molar-refractivity contribution in [2.45, 2.75) is 25.6 Å². The van der Waals surface area contributed by atoms with Crippen LogP contribution >= 0.6 is 0 Å². The molecule has 7 heteroatoms. The van der Waals surface area contributed by atoms with Crippen LogP contribution in [0.1, 0.15) is 25.0 Å². The number of halogens is 2. The number of rotatable bonds is 5. The first-order chi connectivity index (χ1) is 8.86. The summed E-state index contributed by atoms with van der Waals surface area (Å²) in [7, 11) is 0. The van der Waals surface area contributed by atoms with Crippen molar-refractivity contribution in [1.82, 2.24) is 0 Å². The van der Waals surface area contributed by atoms with Crippen LogP contribution in [0.2, 0.25) is 0 Å². The number of aliphatic hydroxyl groups excluding tert-OH is 2. The van der Waals surface area contributed by atoms with Crippen LogP contribution in [-0.4, -0.2) is 28.9 Å². The van der Waals surface area contributed by atoms with Gasteiger partial charge in [0.25, 0.3) is 0 Å². The highest BCUT2D eigenvalue weighted by atomic mass is 19.1. The summed E-state index contributed by atoms with van der Waals surface area (Å²) >= 11 is 0. The second kappa shape index (κ2) is 6.44. The second-order valence-corrected chi connectivity index (χ2v) is 3.91. The zero-order chi connectivity index (χ0) is 14.6. The molecule has 0 aromatic heterocycles. The number of hydrogen-bond acceptors (Lipinski definition) is 5. The van der Waals surface area contributed by atoms with Gasteiger partial charge in [0.05, 0.1) is 19.1 Å². The van der Waals surface area contributed by atoms with Crippen LogP contribution in [0.5, 0.6) is 0 Å². The Morgan fingerprint density at radius 1 is 1.42 bits per heavy atom. The van der Waals surface area contributed by atoms with E-state index in [-0.39, 0.29) is 12.3 Å². The maximum Gasteiger partial charge on any atom is 0.308 e. The fraction of sp³-hybridized carbons (Fsp3) is 0.417. The topological polar surface area (TPSA) is 92.8 Å². The molecule has 106 valence electrons. The Bertz CT molecular complexity index is 444. The number of hydrogen-bond donors (Lipinski definition) is 3. The van der Waals surface area contributed by atoms with Gasteiger partial charge in [0.15, 0.2) is 0 Å². The summed E-state index contributed by atoms with van der Waals surface area (Å²) in [5.41, 5.74) is 4.60. The lowest BCUT2D eigenvalue weighted by molar-refractivity contribution is -0.147. The molecule has 0 aliphatic rings. The van der Waals surface area contributed by atoms with Gasteiger partial charge in [0.1, 0.15) is 17.7 Å². The zero-order valence-electron chi connectivity index (χ0n) is 10.3. The van der Waals surface area contributed by atoms with Crippen molar-refractivity contribution >= 4 is 11.7 Å². The van der Waals surface area contributed by atoms with Crippen molar-refractivity contribution < 1.29 is 28.5 Å². The first-order valence-electron chi connectivity index (χ1n) is 5.63. The van der Waals surface area contributed by atoms with E-state index in [0.29, 0.717) is 6.07 Å². The summed E-state index contributed by atoms with van der Waals surface area (Å²) in [4.78, 5) is 11.1. The van der Waals surface area contributed by atoms with E-state index in [1.807, 2.05) is 0 Å². The van der Waals surface area contributed by atoms with Gasteiger partial charge < -0.3 is 20.7 Å². The standard InChI is InChI=1S/C12H15F2NO4/c1-2-19-10(17)5-9(16)12(18)11-7(14)3-6(13)4-8(11)15/h3-4,9,12,16,18H,2,5,15H2,1H3. The molecule has 0 amide bonds. The van der Waals surface area contributed by atoms with Gasteiger partial charge in [-0.1, -0.05) is 0 Å². The van der Waals surface area contributed by atoms with Crippen molar-refractivity contribution in [3.8, 4) is 0 Å². The van der Waals surface area contributed by atoms with Crippen molar-refractivity contribution in [2.75, 3.05) is 12.3 Å². The minimum atomic E-state index is -1.75. The number of nitrogens with two attached hydrogens (primary N) is 1. The molecule has 0 saturated carbocycles. The van der Waals surface area contributed by atoms with E-state index >= 15 is 0 Å². The SMILES string of the molecule is CCOC(=O)CC(O)C(O)c1c(N)cc(F)cc1F.